The number of fused-ring (bicyclic) bond motifs is 5. The van der Waals surface area contributed by atoms with Crippen LogP contribution in [0, 0.1) is 45.8 Å². The number of rotatable bonds is 11. The van der Waals surface area contributed by atoms with Crippen LogP contribution in [0.1, 0.15) is 92.4 Å². The number of allylic oxidation sites excluding steroid dienone is 1. The summed E-state index contributed by atoms with van der Waals surface area (Å²) in [6.45, 7) is 15.9. The van der Waals surface area contributed by atoms with E-state index in [-0.39, 0.29) is 53.8 Å². The van der Waals surface area contributed by atoms with E-state index in [0.29, 0.717) is 32.1 Å². The predicted octanol–water partition coefficient (Wildman–Crippen LogP) is 4.45. The third kappa shape index (κ3) is 5.36. The molecule has 0 spiro atoms. The molecule has 1 aromatic rings. The highest BCUT2D eigenvalue weighted by molar-refractivity contribution is 5.95. The Labute approximate surface area is 263 Å². The molecule has 3 fully saturated rings. The minimum absolute atomic E-state index is 0.00861. The fourth-order valence-corrected chi connectivity index (χ4v) is 10.1. The molecule has 0 radical (unpaired) electrons. The second kappa shape index (κ2) is 12.1. The lowest BCUT2D eigenvalue weighted by molar-refractivity contribution is -0.159. The summed E-state index contributed by atoms with van der Waals surface area (Å²) in [6, 6.07) is 0. The van der Waals surface area contributed by atoms with Gasteiger partial charge in [-0.3, -0.25) is 4.79 Å². The number of imidazole rings is 1. The van der Waals surface area contributed by atoms with Gasteiger partial charge in [0.2, 0.25) is 0 Å². The van der Waals surface area contributed by atoms with Crippen molar-refractivity contribution in [1.29, 1.82) is 0 Å². The van der Waals surface area contributed by atoms with Gasteiger partial charge in [-0.25, -0.2) is 4.98 Å². The first-order valence-corrected chi connectivity index (χ1v) is 16.9. The normalized spacial score (nSPS) is 40.0. The molecule has 11 atom stereocenters. The van der Waals surface area contributed by atoms with E-state index in [0.717, 1.165) is 37.0 Å². The largest absolute Gasteiger partial charge is 0.396 e. The summed E-state index contributed by atoms with van der Waals surface area (Å²) >= 11 is 0. The number of hydrogen-bond donors (Lipinski definition) is 5. The average Bonchev–Trinajstić information content (AvgIpc) is 3.57. The lowest BCUT2D eigenvalue weighted by Crippen LogP contribution is -2.62. The quantitative estimate of drug-likeness (QED) is 0.233. The van der Waals surface area contributed by atoms with E-state index in [1.54, 1.807) is 12.3 Å². The number of carbonyl (C=O) groups excluding carboxylic acids is 1. The molecule has 0 unspecified atom stereocenters. The first-order valence-electron chi connectivity index (χ1n) is 16.9. The summed E-state index contributed by atoms with van der Waals surface area (Å²) in [5.74, 6) is -0.770. The fraction of sp³-hybridized carbons (Fsp3) is 0.778. The Morgan fingerprint density at radius 3 is 2.59 bits per heavy atom. The third-order valence-corrected chi connectivity index (χ3v) is 13.3. The van der Waals surface area contributed by atoms with Crippen LogP contribution in [0.25, 0.3) is 0 Å². The highest BCUT2D eigenvalue weighted by Crippen LogP contribution is 2.70. The van der Waals surface area contributed by atoms with Crippen molar-refractivity contribution in [3.63, 3.8) is 0 Å². The Balaban J connectivity index is 1.41. The van der Waals surface area contributed by atoms with Crippen molar-refractivity contribution < 1.29 is 30.3 Å². The molecule has 44 heavy (non-hydrogen) atoms. The van der Waals surface area contributed by atoms with E-state index in [9.17, 15) is 30.3 Å². The van der Waals surface area contributed by atoms with Crippen molar-refractivity contribution in [3.05, 3.63) is 42.5 Å². The van der Waals surface area contributed by atoms with Crippen LogP contribution in [0.3, 0.4) is 0 Å². The molecule has 1 heterocycles. The molecule has 0 amide bonds. The molecule has 0 aliphatic heterocycles. The van der Waals surface area contributed by atoms with Crippen molar-refractivity contribution in [2.45, 2.75) is 123 Å². The zero-order chi connectivity index (χ0) is 32.2. The third-order valence-electron chi connectivity index (χ3n) is 13.3. The Hall–Kier alpha value is -1.84. The van der Waals surface area contributed by atoms with Gasteiger partial charge in [0.25, 0.3) is 0 Å². The summed E-state index contributed by atoms with van der Waals surface area (Å²) in [5, 5.41) is 55.7. The first-order chi connectivity index (χ1) is 20.6. The number of aliphatic hydroxyl groups is 5. The van der Waals surface area contributed by atoms with Gasteiger partial charge in [0.05, 0.1) is 30.2 Å². The molecular formula is C36H56N2O6. The minimum atomic E-state index is -1.25. The number of ketones is 1. The molecule has 1 aromatic heterocycles. The highest BCUT2D eigenvalue weighted by Gasteiger charge is 2.70. The Morgan fingerprint density at radius 1 is 1.20 bits per heavy atom. The van der Waals surface area contributed by atoms with Crippen LogP contribution < -0.4 is 0 Å². The van der Waals surface area contributed by atoms with Crippen molar-refractivity contribution >= 4 is 5.78 Å². The summed E-state index contributed by atoms with van der Waals surface area (Å²) in [6.07, 6.45) is 10.2. The van der Waals surface area contributed by atoms with E-state index in [4.69, 9.17) is 0 Å². The van der Waals surface area contributed by atoms with Crippen LogP contribution >= 0.6 is 0 Å². The maximum atomic E-state index is 13.7. The molecule has 8 heteroatoms. The molecule has 4 aliphatic rings. The SMILES string of the molecule is C=C(C[C@@H](O)[C@@H](C)[C@H]1C[C@H](CCCO)[C@@]2(O)C3=CC(=O)[C@@H]4C[C@@H](O)[C@@H](O)C[C@]4(C)[C@H]3CC[C@]12C)C(C)(C)CCn1ccnc1. The number of aromatic nitrogens is 2. The van der Waals surface area contributed by atoms with E-state index in [2.05, 4.69) is 50.7 Å². The van der Waals surface area contributed by atoms with Crippen LogP contribution in [-0.2, 0) is 11.3 Å². The Bertz CT molecular complexity index is 1240. The van der Waals surface area contributed by atoms with Crippen molar-refractivity contribution in [1.82, 2.24) is 9.55 Å². The number of aliphatic hydroxyl groups excluding tert-OH is 4. The predicted molar refractivity (Wildman–Crippen MR) is 169 cm³/mol. The van der Waals surface area contributed by atoms with Crippen LogP contribution in [0.5, 0.6) is 0 Å². The molecule has 5 N–H and O–H groups in total. The zero-order valence-corrected chi connectivity index (χ0v) is 27.5. The van der Waals surface area contributed by atoms with Gasteiger partial charge < -0.3 is 30.1 Å². The smallest absolute Gasteiger partial charge is 0.159 e. The highest BCUT2D eigenvalue weighted by atomic mass is 16.3. The van der Waals surface area contributed by atoms with Gasteiger partial charge in [-0.05, 0) is 104 Å². The van der Waals surface area contributed by atoms with Gasteiger partial charge in [0, 0.05) is 36.9 Å². The number of aryl methyl sites for hydroxylation is 1. The summed E-state index contributed by atoms with van der Waals surface area (Å²) in [5.41, 5.74) is -0.740. The monoisotopic (exact) mass is 612 g/mol. The molecule has 0 aromatic carbocycles. The Morgan fingerprint density at radius 2 is 1.93 bits per heavy atom. The van der Waals surface area contributed by atoms with Gasteiger partial charge in [-0.2, -0.15) is 0 Å². The first kappa shape index (κ1) is 33.5. The molecule has 4 aliphatic carbocycles. The average molecular weight is 613 g/mol. The van der Waals surface area contributed by atoms with Gasteiger partial charge in [0.15, 0.2) is 5.78 Å². The van der Waals surface area contributed by atoms with E-state index in [1.165, 1.54) is 0 Å². The van der Waals surface area contributed by atoms with Gasteiger partial charge in [-0.15, -0.1) is 0 Å². The number of hydrogen-bond acceptors (Lipinski definition) is 7. The van der Waals surface area contributed by atoms with Crippen LogP contribution in [0.15, 0.2) is 42.5 Å². The summed E-state index contributed by atoms with van der Waals surface area (Å²) in [4.78, 5) is 17.8. The Kier molecular flexibility index (Phi) is 9.20. The molecule has 8 nitrogen and oxygen atoms in total. The minimum Gasteiger partial charge on any atom is -0.396 e. The standard InChI is InChI=1S/C36H56N2O6/c1-22(33(3,4)11-13-38-14-12-37-21-38)16-29(40)23(2)26-17-24(8-7-15-39)36(44)27-18-30(41)28-19-31(42)32(43)20-34(28,5)25(27)9-10-35(26,36)6/h12,14,18,21,23-26,28-29,31-32,39-40,42-44H,1,7-11,13,15-17,19-20H2,2-6H3/t23-,24-,25-,26+,28-,29+,31+,32-,34+,35+,36+/m0/s1. The summed E-state index contributed by atoms with van der Waals surface area (Å²) < 4.78 is 2.06. The molecule has 0 bridgehead atoms. The van der Waals surface area contributed by atoms with Gasteiger partial charge in [-0.1, -0.05) is 46.8 Å². The van der Waals surface area contributed by atoms with Crippen LogP contribution in [0.2, 0.25) is 0 Å². The maximum Gasteiger partial charge on any atom is 0.159 e. The van der Waals surface area contributed by atoms with Gasteiger partial charge >= 0.3 is 0 Å². The van der Waals surface area contributed by atoms with E-state index in [1.807, 2.05) is 12.5 Å². The van der Waals surface area contributed by atoms with E-state index < -0.39 is 34.7 Å². The molecule has 5 rings (SSSR count). The summed E-state index contributed by atoms with van der Waals surface area (Å²) in [7, 11) is 0. The lowest BCUT2D eigenvalue weighted by Gasteiger charge is -2.61. The van der Waals surface area contributed by atoms with Crippen LogP contribution in [0.4, 0.5) is 0 Å². The van der Waals surface area contributed by atoms with Crippen molar-refractivity contribution in [2.75, 3.05) is 6.61 Å². The lowest BCUT2D eigenvalue weighted by atomic mass is 9.45. The fourth-order valence-electron chi connectivity index (χ4n) is 10.1. The maximum absolute atomic E-state index is 13.7. The van der Waals surface area contributed by atoms with E-state index >= 15 is 0 Å². The van der Waals surface area contributed by atoms with Crippen molar-refractivity contribution in [3.8, 4) is 0 Å². The second-order valence-electron chi connectivity index (χ2n) is 16.0. The topological polar surface area (TPSA) is 136 Å². The van der Waals surface area contributed by atoms with Crippen molar-refractivity contribution in [2.24, 2.45) is 45.8 Å². The zero-order valence-electron chi connectivity index (χ0n) is 27.5. The molecule has 246 valence electrons. The number of nitrogens with zero attached hydrogens (tertiary/aromatic N) is 2. The van der Waals surface area contributed by atoms with Gasteiger partial charge in [0.1, 0.15) is 0 Å². The molecule has 0 saturated heterocycles. The van der Waals surface area contributed by atoms with Crippen LogP contribution in [-0.4, -0.2) is 71.4 Å². The second-order valence-corrected chi connectivity index (χ2v) is 16.0. The molecule has 3 saturated carbocycles. The molecular weight excluding hydrogens is 556 g/mol. The number of carbonyl (C=O) groups is 1.